The van der Waals surface area contributed by atoms with E-state index in [0.717, 1.165) is 18.9 Å². The molecule has 0 spiro atoms. The van der Waals surface area contributed by atoms with E-state index in [4.69, 9.17) is 5.11 Å². The maximum Gasteiger partial charge on any atom is 0.338 e. The summed E-state index contributed by atoms with van der Waals surface area (Å²) in [6.45, 7) is 0.470. The predicted molar refractivity (Wildman–Crippen MR) is 76.6 cm³/mol. The second-order valence-corrected chi connectivity index (χ2v) is 4.61. The first-order chi connectivity index (χ1) is 10.1. The van der Waals surface area contributed by atoms with Crippen molar-refractivity contribution in [1.82, 2.24) is 0 Å². The molecule has 0 aliphatic rings. The molecular weight excluding hydrogens is 276 g/mol. The van der Waals surface area contributed by atoms with Crippen LogP contribution >= 0.6 is 0 Å². The fraction of sp³-hybridized carbons (Fsp3) is 0.188. The minimum atomic E-state index is -1.48. The van der Waals surface area contributed by atoms with E-state index in [1.807, 2.05) is 30.3 Å². The van der Waals surface area contributed by atoms with Gasteiger partial charge in [0.2, 0.25) is 0 Å². The molecule has 2 rings (SSSR count). The molecule has 0 aliphatic carbocycles. The lowest BCUT2D eigenvalue weighted by molar-refractivity contribution is 0.0690. The van der Waals surface area contributed by atoms with Crippen LogP contribution in [0.3, 0.4) is 0 Å². The van der Waals surface area contributed by atoms with E-state index < -0.39 is 23.2 Å². The van der Waals surface area contributed by atoms with Crippen molar-refractivity contribution in [3.8, 4) is 0 Å². The molecule has 5 heteroatoms. The average Bonchev–Trinajstić information content (AvgIpc) is 2.48. The van der Waals surface area contributed by atoms with E-state index in [9.17, 15) is 13.6 Å². The van der Waals surface area contributed by atoms with Gasteiger partial charge in [0.05, 0.1) is 11.3 Å². The van der Waals surface area contributed by atoms with Crippen molar-refractivity contribution in [2.45, 2.75) is 12.8 Å². The first kappa shape index (κ1) is 15.0. The van der Waals surface area contributed by atoms with Crippen LogP contribution in [0, 0.1) is 11.6 Å². The molecule has 2 aromatic carbocycles. The Morgan fingerprint density at radius 2 is 1.76 bits per heavy atom. The van der Waals surface area contributed by atoms with E-state index in [2.05, 4.69) is 5.32 Å². The predicted octanol–water partition coefficient (Wildman–Crippen LogP) is 3.71. The van der Waals surface area contributed by atoms with Crippen LogP contribution in [0.25, 0.3) is 0 Å². The normalized spacial score (nSPS) is 10.4. The lowest BCUT2D eigenvalue weighted by Gasteiger charge is -2.09. The molecule has 0 saturated carbocycles. The van der Waals surface area contributed by atoms with Gasteiger partial charge in [-0.15, -0.1) is 0 Å². The Morgan fingerprint density at radius 3 is 2.43 bits per heavy atom. The number of anilines is 1. The van der Waals surface area contributed by atoms with Crippen LogP contribution in [0.4, 0.5) is 14.5 Å². The molecule has 0 heterocycles. The Labute approximate surface area is 121 Å². The molecule has 0 atom stereocenters. The lowest BCUT2D eigenvalue weighted by atomic mass is 10.1. The van der Waals surface area contributed by atoms with Crippen LogP contribution in [0.1, 0.15) is 22.3 Å². The first-order valence-corrected chi connectivity index (χ1v) is 6.58. The number of hydrogen-bond acceptors (Lipinski definition) is 2. The van der Waals surface area contributed by atoms with E-state index in [-0.39, 0.29) is 5.69 Å². The maximum atomic E-state index is 13.7. The molecule has 0 radical (unpaired) electrons. The summed E-state index contributed by atoms with van der Waals surface area (Å²) in [4.78, 5) is 10.7. The fourth-order valence-corrected chi connectivity index (χ4v) is 2.01. The summed E-state index contributed by atoms with van der Waals surface area (Å²) in [7, 11) is 0. The number of benzene rings is 2. The molecule has 0 aliphatic heterocycles. The number of hydrogen-bond donors (Lipinski definition) is 2. The van der Waals surface area contributed by atoms with Crippen molar-refractivity contribution in [1.29, 1.82) is 0 Å². The van der Waals surface area contributed by atoms with Gasteiger partial charge in [0.15, 0.2) is 11.6 Å². The first-order valence-electron chi connectivity index (χ1n) is 6.58. The lowest BCUT2D eigenvalue weighted by Crippen LogP contribution is -2.09. The van der Waals surface area contributed by atoms with Gasteiger partial charge in [-0.2, -0.15) is 0 Å². The minimum Gasteiger partial charge on any atom is -0.478 e. The topological polar surface area (TPSA) is 49.3 Å². The third-order valence-electron chi connectivity index (χ3n) is 3.11. The van der Waals surface area contributed by atoms with Gasteiger partial charge in [-0.25, -0.2) is 13.6 Å². The number of carboxylic acid groups (broad SMARTS) is 1. The third-order valence-corrected chi connectivity index (χ3v) is 3.11. The van der Waals surface area contributed by atoms with Crippen LogP contribution in [0.15, 0.2) is 42.5 Å². The molecule has 3 nitrogen and oxygen atoms in total. The largest absolute Gasteiger partial charge is 0.478 e. The molecule has 0 amide bonds. The number of carbonyl (C=O) groups is 1. The monoisotopic (exact) mass is 291 g/mol. The number of rotatable bonds is 6. The fourth-order valence-electron chi connectivity index (χ4n) is 2.01. The van der Waals surface area contributed by atoms with Gasteiger partial charge in [0.25, 0.3) is 0 Å². The molecule has 0 bridgehead atoms. The zero-order chi connectivity index (χ0) is 15.2. The molecule has 0 fully saturated rings. The van der Waals surface area contributed by atoms with Crippen LogP contribution in [0.2, 0.25) is 0 Å². The highest BCUT2D eigenvalue weighted by molar-refractivity contribution is 5.88. The van der Waals surface area contributed by atoms with E-state index in [1.54, 1.807) is 0 Å². The highest BCUT2D eigenvalue weighted by atomic mass is 19.2. The number of carboxylic acids is 1. The van der Waals surface area contributed by atoms with E-state index >= 15 is 0 Å². The van der Waals surface area contributed by atoms with Crippen molar-refractivity contribution < 1.29 is 18.7 Å². The summed E-state index contributed by atoms with van der Waals surface area (Å²) >= 11 is 0. The minimum absolute atomic E-state index is 0.0226. The molecular formula is C16H15F2NO2. The maximum absolute atomic E-state index is 13.7. The number of aryl methyl sites for hydroxylation is 1. The van der Waals surface area contributed by atoms with Gasteiger partial charge in [-0.1, -0.05) is 30.3 Å². The SMILES string of the molecule is O=C(O)c1ccc(NCCCc2ccccc2)c(F)c1F. The highest BCUT2D eigenvalue weighted by Gasteiger charge is 2.17. The molecule has 21 heavy (non-hydrogen) atoms. The Morgan fingerprint density at radius 1 is 1.05 bits per heavy atom. The van der Waals surface area contributed by atoms with Crippen LogP contribution in [0.5, 0.6) is 0 Å². The van der Waals surface area contributed by atoms with E-state index in [1.165, 1.54) is 11.6 Å². The van der Waals surface area contributed by atoms with Gasteiger partial charge in [-0.05, 0) is 30.5 Å². The Hall–Kier alpha value is -2.43. The molecule has 0 aromatic heterocycles. The van der Waals surface area contributed by atoms with Crippen molar-refractivity contribution in [2.24, 2.45) is 0 Å². The van der Waals surface area contributed by atoms with Gasteiger partial charge >= 0.3 is 5.97 Å². The van der Waals surface area contributed by atoms with Gasteiger partial charge in [0.1, 0.15) is 0 Å². The van der Waals surface area contributed by atoms with Crippen LogP contribution in [-0.2, 0) is 6.42 Å². The zero-order valence-corrected chi connectivity index (χ0v) is 11.3. The number of nitrogens with one attached hydrogen (secondary N) is 1. The Kier molecular flexibility index (Phi) is 4.87. The van der Waals surface area contributed by atoms with Gasteiger partial charge in [-0.3, -0.25) is 0 Å². The summed E-state index contributed by atoms with van der Waals surface area (Å²) in [5, 5.41) is 11.5. The van der Waals surface area contributed by atoms with Gasteiger partial charge < -0.3 is 10.4 Å². The standard InChI is InChI=1S/C16H15F2NO2/c17-14-12(16(20)21)8-9-13(15(14)18)19-10-4-7-11-5-2-1-3-6-11/h1-3,5-6,8-9,19H,4,7,10H2,(H,20,21). The van der Waals surface area contributed by atoms with Gasteiger partial charge in [0, 0.05) is 6.54 Å². The van der Waals surface area contributed by atoms with Crippen molar-refractivity contribution in [3.05, 3.63) is 65.2 Å². The second kappa shape index (κ2) is 6.83. The Balaban J connectivity index is 1.92. The second-order valence-electron chi connectivity index (χ2n) is 4.61. The molecule has 0 unspecified atom stereocenters. The average molecular weight is 291 g/mol. The molecule has 0 saturated heterocycles. The summed E-state index contributed by atoms with van der Waals surface area (Å²) < 4.78 is 27.2. The summed E-state index contributed by atoms with van der Waals surface area (Å²) in [5.74, 6) is -3.98. The smallest absolute Gasteiger partial charge is 0.338 e. The van der Waals surface area contributed by atoms with Crippen LogP contribution in [-0.4, -0.2) is 17.6 Å². The summed E-state index contributed by atoms with van der Waals surface area (Å²) in [6.07, 6.45) is 1.58. The summed E-state index contributed by atoms with van der Waals surface area (Å²) in [5.41, 5.74) is 0.486. The third kappa shape index (κ3) is 3.78. The number of halogens is 2. The Bertz CT molecular complexity index is 630. The number of aromatic carboxylic acids is 1. The quantitative estimate of drug-likeness (QED) is 0.798. The van der Waals surface area contributed by atoms with Crippen LogP contribution < -0.4 is 5.32 Å². The molecule has 110 valence electrons. The van der Waals surface area contributed by atoms with Crippen molar-refractivity contribution in [3.63, 3.8) is 0 Å². The molecule has 2 aromatic rings. The highest BCUT2D eigenvalue weighted by Crippen LogP contribution is 2.20. The zero-order valence-electron chi connectivity index (χ0n) is 11.3. The summed E-state index contributed by atoms with van der Waals surface area (Å²) in [6, 6.07) is 12.1. The van der Waals surface area contributed by atoms with E-state index in [0.29, 0.717) is 6.54 Å². The van der Waals surface area contributed by atoms with Crippen molar-refractivity contribution >= 4 is 11.7 Å². The van der Waals surface area contributed by atoms with Crippen molar-refractivity contribution in [2.75, 3.05) is 11.9 Å². The molecule has 2 N–H and O–H groups in total.